The van der Waals surface area contributed by atoms with Gasteiger partial charge in [0.2, 0.25) is 5.91 Å². The second-order valence-corrected chi connectivity index (χ2v) is 8.62. The van der Waals surface area contributed by atoms with Crippen LogP contribution in [0.3, 0.4) is 0 Å². The third-order valence-electron chi connectivity index (χ3n) is 6.33. The molecule has 1 aliphatic heterocycles. The summed E-state index contributed by atoms with van der Waals surface area (Å²) >= 11 is 0. The number of nitrogens with zero attached hydrogens (tertiary/aromatic N) is 1. The normalized spacial score (nSPS) is 16.4. The molecule has 1 amide bonds. The Bertz CT molecular complexity index is 956. The molecule has 1 atom stereocenters. The molecule has 0 aromatic heterocycles. The van der Waals surface area contributed by atoms with Gasteiger partial charge in [0.15, 0.2) is 0 Å². The van der Waals surface area contributed by atoms with Crippen LogP contribution >= 0.6 is 0 Å². The number of likely N-dealkylation sites (tertiary alicyclic amines) is 1. The topological polar surface area (TPSA) is 32.3 Å². The minimum absolute atomic E-state index is 0.146. The van der Waals surface area contributed by atoms with E-state index in [0.29, 0.717) is 0 Å². The average Bonchev–Trinajstić information content (AvgIpc) is 2.79. The standard InChI is InChI=1S/C27H32N2O/c1-21(14-15-22-8-3-2-4-9-22)28-27(30)24-16-18-29(19-17-24)20-25-12-7-11-23-10-5-6-13-26(23)25/h2-13,21,24H,14-20H2,1H3,(H,28,30). The van der Waals surface area contributed by atoms with Crippen molar-refractivity contribution in [1.82, 2.24) is 10.2 Å². The summed E-state index contributed by atoms with van der Waals surface area (Å²) in [4.78, 5) is 15.2. The molecular weight excluding hydrogens is 368 g/mol. The monoisotopic (exact) mass is 400 g/mol. The molecule has 3 nitrogen and oxygen atoms in total. The van der Waals surface area contributed by atoms with Crippen molar-refractivity contribution >= 4 is 16.7 Å². The number of carbonyl (C=O) groups is 1. The van der Waals surface area contributed by atoms with E-state index in [0.717, 1.165) is 45.3 Å². The van der Waals surface area contributed by atoms with Crippen LogP contribution in [0.5, 0.6) is 0 Å². The molecule has 1 unspecified atom stereocenters. The van der Waals surface area contributed by atoms with Gasteiger partial charge in [-0.2, -0.15) is 0 Å². The predicted molar refractivity (Wildman–Crippen MR) is 124 cm³/mol. The summed E-state index contributed by atoms with van der Waals surface area (Å²) in [6.07, 6.45) is 3.88. The van der Waals surface area contributed by atoms with Gasteiger partial charge < -0.3 is 5.32 Å². The van der Waals surface area contributed by atoms with Crippen molar-refractivity contribution in [2.75, 3.05) is 13.1 Å². The maximum atomic E-state index is 12.7. The number of rotatable bonds is 7. The molecule has 1 aliphatic rings. The Morgan fingerprint density at radius 3 is 2.47 bits per heavy atom. The number of carbonyl (C=O) groups excluding carboxylic acids is 1. The van der Waals surface area contributed by atoms with Gasteiger partial charge in [0.25, 0.3) is 0 Å². The summed E-state index contributed by atoms with van der Waals surface area (Å²) in [5, 5.41) is 5.89. The van der Waals surface area contributed by atoms with Crippen LogP contribution in [0, 0.1) is 5.92 Å². The van der Waals surface area contributed by atoms with Crippen LogP contribution in [0.25, 0.3) is 10.8 Å². The molecule has 0 aliphatic carbocycles. The Morgan fingerprint density at radius 1 is 0.967 bits per heavy atom. The van der Waals surface area contributed by atoms with Gasteiger partial charge in [-0.05, 0) is 67.6 Å². The predicted octanol–water partition coefficient (Wildman–Crippen LogP) is 5.19. The van der Waals surface area contributed by atoms with Crippen molar-refractivity contribution < 1.29 is 4.79 Å². The average molecular weight is 401 g/mol. The maximum absolute atomic E-state index is 12.7. The van der Waals surface area contributed by atoms with Crippen LogP contribution in [0.15, 0.2) is 72.8 Å². The van der Waals surface area contributed by atoms with E-state index < -0.39 is 0 Å². The summed E-state index contributed by atoms with van der Waals surface area (Å²) in [5.74, 6) is 0.383. The van der Waals surface area contributed by atoms with Crippen LogP contribution in [-0.4, -0.2) is 29.9 Å². The number of aryl methyl sites for hydroxylation is 1. The van der Waals surface area contributed by atoms with Crippen LogP contribution in [0.2, 0.25) is 0 Å². The smallest absolute Gasteiger partial charge is 0.223 e. The highest BCUT2D eigenvalue weighted by atomic mass is 16.1. The van der Waals surface area contributed by atoms with Crippen molar-refractivity contribution in [3.05, 3.63) is 83.9 Å². The van der Waals surface area contributed by atoms with Crippen molar-refractivity contribution in [3.8, 4) is 0 Å². The summed E-state index contributed by atoms with van der Waals surface area (Å²) < 4.78 is 0. The molecule has 0 saturated carbocycles. The molecule has 1 N–H and O–H groups in total. The van der Waals surface area contributed by atoms with Gasteiger partial charge in [-0.1, -0.05) is 72.8 Å². The highest BCUT2D eigenvalue weighted by Gasteiger charge is 2.25. The minimum atomic E-state index is 0.146. The quantitative estimate of drug-likeness (QED) is 0.592. The Balaban J connectivity index is 1.24. The third-order valence-corrected chi connectivity index (χ3v) is 6.33. The lowest BCUT2D eigenvalue weighted by atomic mass is 9.94. The van der Waals surface area contributed by atoms with Crippen molar-refractivity contribution in [2.24, 2.45) is 5.92 Å². The van der Waals surface area contributed by atoms with Crippen LogP contribution in [0.4, 0.5) is 0 Å². The number of nitrogens with one attached hydrogen (secondary N) is 1. The molecule has 3 aromatic carbocycles. The van der Waals surface area contributed by atoms with Gasteiger partial charge in [-0.3, -0.25) is 9.69 Å². The minimum Gasteiger partial charge on any atom is -0.353 e. The zero-order valence-electron chi connectivity index (χ0n) is 17.9. The first kappa shape index (κ1) is 20.6. The number of piperidine rings is 1. The van der Waals surface area contributed by atoms with E-state index in [1.54, 1.807) is 0 Å². The number of hydrogen-bond acceptors (Lipinski definition) is 2. The molecule has 156 valence electrons. The fraction of sp³-hybridized carbons (Fsp3) is 0.370. The SMILES string of the molecule is CC(CCc1ccccc1)NC(=O)C1CCN(Cc2cccc3ccccc23)CC1. The highest BCUT2D eigenvalue weighted by molar-refractivity contribution is 5.85. The summed E-state index contributed by atoms with van der Waals surface area (Å²) in [6, 6.07) is 25.9. The zero-order valence-corrected chi connectivity index (χ0v) is 17.9. The molecule has 1 fully saturated rings. The molecular formula is C27H32N2O. The molecule has 1 heterocycles. The van der Waals surface area contributed by atoms with E-state index in [-0.39, 0.29) is 17.9 Å². The van der Waals surface area contributed by atoms with Gasteiger partial charge in [0.05, 0.1) is 0 Å². The molecule has 3 heteroatoms. The number of hydrogen-bond donors (Lipinski definition) is 1. The second kappa shape index (κ2) is 9.90. The zero-order chi connectivity index (χ0) is 20.8. The van der Waals surface area contributed by atoms with Crippen molar-refractivity contribution in [3.63, 3.8) is 0 Å². The molecule has 1 saturated heterocycles. The Morgan fingerprint density at radius 2 is 1.67 bits per heavy atom. The van der Waals surface area contributed by atoms with Gasteiger partial charge in [0, 0.05) is 18.5 Å². The Hall–Kier alpha value is -2.65. The van der Waals surface area contributed by atoms with E-state index in [4.69, 9.17) is 0 Å². The molecule has 0 spiro atoms. The largest absolute Gasteiger partial charge is 0.353 e. The Labute approximate surface area is 180 Å². The number of amides is 1. The lowest BCUT2D eigenvalue weighted by Gasteiger charge is -2.32. The summed E-state index contributed by atoms with van der Waals surface area (Å²) in [6.45, 7) is 5.05. The number of benzene rings is 3. The third kappa shape index (κ3) is 5.28. The molecule has 30 heavy (non-hydrogen) atoms. The second-order valence-electron chi connectivity index (χ2n) is 8.62. The molecule has 0 radical (unpaired) electrons. The van der Waals surface area contributed by atoms with Gasteiger partial charge >= 0.3 is 0 Å². The fourth-order valence-electron chi connectivity index (χ4n) is 4.49. The van der Waals surface area contributed by atoms with Crippen molar-refractivity contribution in [2.45, 2.75) is 45.2 Å². The van der Waals surface area contributed by atoms with E-state index >= 15 is 0 Å². The van der Waals surface area contributed by atoms with E-state index in [9.17, 15) is 4.79 Å². The highest BCUT2D eigenvalue weighted by Crippen LogP contribution is 2.23. The van der Waals surface area contributed by atoms with E-state index in [1.807, 2.05) is 6.07 Å². The molecule has 3 aromatic rings. The van der Waals surface area contributed by atoms with Gasteiger partial charge in [0.1, 0.15) is 0 Å². The summed E-state index contributed by atoms with van der Waals surface area (Å²) in [5.41, 5.74) is 2.71. The Kier molecular flexibility index (Phi) is 6.81. The van der Waals surface area contributed by atoms with Crippen LogP contribution < -0.4 is 5.32 Å². The van der Waals surface area contributed by atoms with Gasteiger partial charge in [-0.25, -0.2) is 0 Å². The first-order valence-corrected chi connectivity index (χ1v) is 11.2. The summed E-state index contributed by atoms with van der Waals surface area (Å²) in [7, 11) is 0. The molecule has 0 bridgehead atoms. The lowest BCUT2D eigenvalue weighted by Crippen LogP contribution is -2.43. The van der Waals surface area contributed by atoms with Gasteiger partial charge in [-0.15, -0.1) is 0 Å². The lowest BCUT2D eigenvalue weighted by molar-refractivity contribution is -0.127. The van der Waals surface area contributed by atoms with Crippen molar-refractivity contribution in [1.29, 1.82) is 0 Å². The first-order valence-electron chi connectivity index (χ1n) is 11.2. The fourth-order valence-corrected chi connectivity index (χ4v) is 4.49. The van der Waals surface area contributed by atoms with E-state index in [1.165, 1.54) is 21.9 Å². The van der Waals surface area contributed by atoms with Crippen LogP contribution in [0.1, 0.15) is 37.3 Å². The first-order chi connectivity index (χ1) is 14.7. The van der Waals surface area contributed by atoms with E-state index in [2.05, 4.69) is 83.9 Å². The maximum Gasteiger partial charge on any atom is 0.223 e. The van der Waals surface area contributed by atoms with Crippen LogP contribution in [-0.2, 0) is 17.8 Å². The molecule has 4 rings (SSSR count). The number of fused-ring (bicyclic) bond motifs is 1.